The normalized spacial score (nSPS) is 10.4. The van der Waals surface area contributed by atoms with Gasteiger partial charge in [0.2, 0.25) is 5.95 Å². The van der Waals surface area contributed by atoms with Crippen molar-refractivity contribution >= 4 is 11.6 Å². The number of nitrogens with zero attached hydrogens (tertiary/aromatic N) is 3. The molecule has 7 nitrogen and oxygen atoms in total. The molecule has 98 valence electrons. The Bertz CT molecular complexity index is 643. The SMILES string of the molecule is CCc1nc(N)ncc1-c1ccc([N+](=O)[O-])cc1O. The van der Waals surface area contributed by atoms with Crippen LogP contribution in [0.25, 0.3) is 11.1 Å². The van der Waals surface area contributed by atoms with E-state index in [2.05, 4.69) is 9.97 Å². The fourth-order valence-electron chi connectivity index (χ4n) is 1.79. The van der Waals surface area contributed by atoms with Gasteiger partial charge in [-0.2, -0.15) is 0 Å². The highest BCUT2D eigenvalue weighted by Gasteiger charge is 2.14. The first-order chi connectivity index (χ1) is 9.02. The lowest BCUT2D eigenvalue weighted by Gasteiger charge is -2.09. The van der Waals surface area contributed by atoms with Gasteiger partial charge in [-0.15, -0.1) is 0 Å². The molecule has 0 bridgehead atoms. The first kappa shape index (κ1) is 12.7. The van der Waals surface area contributed by atoms with Crippen LogP contribution in [0.5, 0.6) is 5.75 Å². The molecule has 19 heavy (non-hydrogen) atoms. The third-order valence-electron chi connectivity index (χ3n) is 2.70. The minimum Gasteiger partial charge on any atom is -0.507 e. The fraction of sp³-hybridized carbons (Fsp3) is 0.167. The van der Waals surface area contributed by atoms with Crippen molar-refractivity contribution < 1.29 is 10.0 Å². The van der Waals surface area contributed by atoms with Gasteiger partial charge in [0.05, 0.1) is 16.7 Å². The lowest BCUT2D eigenvalue weighted by atomic mass is 10.0. The number of anilines is 1. The molecule has 1 aromatic heterocycles. The van der Waals surface area contributed by atoms with Crippen LogP contribution in [0.3, 0.4) is 0 Å². The number of nitrogen functional groups attached to an aromatic ring is 1. The van der Waals surface area contributed by atoms with Crippen molar-refractivity contribution in [3.63, 3.8) is 0 Å². The summed E-state index contributed by atoms with van der Waals surface area (Å²) in [5.41, 5.74) is 7.08. The molecule has 2 rings (SSSR count). The van der Waals surface area contributed by atoms with Crippen molar-refractivity contribution in [3.05, 3.63) is 40.2 Å². The molecule has 3 N–H and O–H groups in total. The monoisotopic (exact) mass is 260 g/mol. The zero-order valence-corrected chi connectivity index (χ0v) is 10.2. The standard InChI is InChI=1S/C12H12N4O3/c1-2-10-9(6-14-12(13)15-10)8-4-3-7(16(18)19)5-11(8)17/h3-6,17H,2H2,1H3,(H2,13,14,15). The Morgan fingerprint density at radius 2 is 2.16 bits per heavy atom. The topological polar surface area (TPSA) is 115 Å². The number of nitrogens with two attached hydrogens (primary N) is 1. The van der Waals surface area contributed by atoms with Crippen molar-refractivity contribution in [1.29, 1.82) is 0 Å². The highest BCUT2D eigenvalue weighted by molar-refractivity contribution is 5.73. The maximum atomic E-state index is 10.6. The molecular weight excluding hydrogens is 248 g/mol. The van der Waals surface area contributed by atoms with Gasteiger partial charge in [0.15, 0.2) is 0 Å². The molecule has 1 aromatic carbocycles. The summed E-state index contributed by atoms with van der Waals surface area (Å²) in [5.74, 6) is -0.0285. The van der Waals surface area contributed by atoms with Crippen molar-refractivity contribution in [2.24, 2.45) is 0 Å². The van der Waals surface area contributed by atoms with Crippen molar-refractivity contribution in [3.8, 4) is 16.9 Å². The van der Waals surface area contributed by atoms with E-state index in [4.69, 9.17) is 5.73 Å². The predicted molar refractivity (Wildman–Crippen MR) is 69.6 cm³/mol. The Morgan fingerprint density at radius 3 is 2.74 bits per heavy atom. The summed E-state index contributed by atoms with van der Waals surface area (Å²) >= 11 is 0. The van der Waals surface area contributed by atoms with Gasteiger partial charge in [0.25, 0.3) is 5.69 Å². The van der Waals surface area contributed by atoms with Crippen LogP contribution in [0.4, 0.5) is 11.6 Å². The number of aryl methyl sites for hydroxylation is 1. The van der Waals surface area contributed by atoms with Crippen molar-refractivity contribution in [2.45, 2.75) is 13.3 Å². The maximum absolute atomic E-state index is 10.6. The molecule has 0 atom stereocenters. The number of benzene rings is 1. The van der Waals surface area contributed by atoms with Gasteiger partial charge >= 0.3 is 0 Å². The molecule has 0 unspecified atom stereocenters. The number of nitro groups is 1. The second-order valence-corrected chi connectivity index (χ2v) is 3.90. The molecule has 0 aliphatic carbocycles. The van der Waals surface area contributed by atoms with E-state index in [1.807, 2.05) is 6.92 Å². The molecule has 2 aromatic rings. The molecule has 0 aliphatic heterocycles. The van der Waals surface area contributed by atoms with Crippen LogP contribution in [0, 0.1) is 10.1 Å². The molecule has 0 fully saturated rings. The van der Waals surface area contributed by atoms with E-state index in [0.29, 0.717) is 23.2 Å². The average Bonchev–Trinajstić information content (AvgIpc) is 2.38. The molecule has 0 aliphatic rings. The minimum absolute atomic E-state index is 0.155. The molecule has 0 saturated carbocycles. The van der Waals surface area contributed by atoms with Crippen molar-refractivity contribution in [2.75, 3.05) is 5.73 Å². The first-order valence-electron chi connectivity index (χ1n) is 5.62. The number of nitro benzene ring substituents is 1. The van der Waals surface area contributed by atoms with E-state index in [9.17, 15) is 15.2 Å². The van der Waals surface area contributed by atoms with Crippen molar-refractivity contribution in [1.82, 2.24) is 9.97 Å². The number of non-ortho nitro benzene ring substituents is 1. The quantitative estimate of drug-likeness (QED) is 0.643. The number of aromatic hydroxyl groups is 1. The Kier molecular flexibility index (Phi) is 3.28. The minimum atomic E-state index is -0.566. The number of aromatic nitrogens is 2. The highest BCUT2D eigenvalue weighted by Crippen LogP contribution is 2.33. The van der Waals surface area contributed by atoms with Gasteiger partial charge in [-0.1, -0.05) is 6.92 Å². The third-order valence-corrected chi connectivity index (χ3v) is 2.70. The third kappa shape index (κ3) is 2.44. The predicted octanol–water partition coefficient (Wildman–Crippen LogP) is 1.90. The van der Waals surface area contributed by atoms with Crippen LogP contribution in [0.15, 0.2) is 24.4 Å². The lowest BCUT2D eigenvalue weighted by Crippen LogP contribution is -2.00. The summed E-state index contributed by atoms with van der Waals surface area (Å²) < 4.78 is 0. The van der Waals surface area contributed by atoms with E-state index in [0.717, 1.165) is 6.07 Å². The smallest absolute Gasteiger partial charge is 0.273 e. The summed E-state index contributed by atoms with van der Waals surface area (Å²) in [7, 11) is 0. The van der Waals surface area contributed by atoms with Crippen LogP contribution in [0.1, 0.15) is 12.6 Å². The van der Waals surface area contributed by atoms with E-state index < -0.39 is 4.92 Å². The molecular formula is C12H12N4O3. The number of hydrogen-bond acceptors (Lipinski definition) is 6. The summed E-state index contributed by atoms with van der Waals surface area (Å²) in [6, 6.07) is 3.90. The second kappa shape index (κ2) is 4.89. The molecule has 0 radical (unpaired) electrons. The van der Waals surface area contributed by atoms with Crippen LogP contribution in [-0.4, -0.2) is 20.0 Å². The summed E-state index contributed by atoms with van der Waals surface area (Å²) in [4.78, 5) is 18.0. The number of phenolic OH excluding ortho intramolecular Hbond substituents is 1. The summed E-state index contributed by atoms with van der Waals surface area (Å²) in [6.07, 6.45) is 2.11. The molecule has 0 spiro atoms. The Labute approximate surface area is 108 Å². The zero-order valence-electron chi connectivity index (χ0n) is 10.2. The van der Waals surface area contributed by atoms with E-state index >= 15 is 0 Å². The van der Waals surface area contributed by atoms with E-state index in [1.54, 1.807) is 0 Å². The highest BCUT2D eigenvalue weighted by atomic mass is 16.6. The van der Waals surface area contributed by atoms with Gasteiger partial charge in [0, 0.05) is 23.4 Å². The number of rotatable bonds is 3. The first-order valence-corrected chi connectivity index (χ1v) is 5.62. The molecule has 0 saturated heterocycles. The average molecular weight is 260 g/mol. The second-order valence-electron chi connectivity index (χ2n) is 3.90. The van der Waals surface area contributed by atoms with Gasteiger partial charge in [-0.25, -0.2) is 9.97 Å². The molecule has 0 amide bonds. The van der Waals surface area contributed by atoms with Gasteiger partial charge < -0.3 is 10.8 Å². The van der Waals surface area contributed by atoms with Gasteiger partial charge in [-0.05, 0) is 12.5 Å². The Morgan fingerprint density at radius 1 is 1.42 bits per heavy atom. The van der Waals surface area contributed by atoms with Crippen LogP contribution in [0.2, 0.25) is 0 Å². The van der Waals surface area contributed by atoms with Crippen LogP contribution in [-0.2, 0) is 6.42 Å². The number of phenols is 1. The zero-order chi connectivity index (χ0) is 14.0. The van der Waals surface area contributed by atoms with Crippen LogP contribution >= 0.6 is 0 Å². The summed E-state index contributed by atoms with van der Waals surface area (Å²) in [5, 5.41) is 20.5. The lowest BCUT2D eigenvalue weighted by molar-refractivity contribution is -0.384. The van der Waals surface area contributed by atoms with Gasteiger partial charge in [-0.3, -0.25) is 10.1 Å². The maximum Gasteiger partial charge on any atom is 0.273 e. The largest absolute Gasteiger partial charge is 0.507 e. The molecule has 1 heterocycles. The number of hydrogen-bond donors (Lipinski definition) is 2. The van der Waals surface area contributed by atoms with E-state index in [1.165, 1.54) is 18.3 Å². The Balaban J connectivity index is 2.56. The summed E-state index contributed by atoms with van der Waals surface area (Å²) in [6.45, 7) is 1.90. The Hall–Kier alpha value is -2.70. The van der Waals surface area contributed by atoms with E-state index in [-0.39, 0.29) is 17.4 Å². The fourth-order valence-corrected chi connectivity index (χ4v) is 1.79. The molecule has 7 heteroatoms. The van der Waals surface area contributed by atoms with Crippen LogP contribution < -0.4 is 5.73 Å². The van der Waals surface area contributed by atoms with Gasteiger partial charge in [0.1, 0.15) is 5.75 Å².